The largest absolute Gasteiger partial charge is 0.340 e. The third-order valence-electron chi connectivity index (χ3n) is 3.60. The Morgan fingerprint density at radius 3 is 2.71 bits per heavy atom. The highest BCUT2D eigenvalue weighted by Crippen LogP contribution is 2.29. The molecule has 2 rings (SSSR count). The smallest absolute Gasteiger partial charge is 0.223 e. The van der Waals surface area contributed by atoms with Crippen LogP contribution in [0, 0.1) is 6.92 Å². The second-order valence-electron chi connectivity index (χ2n) is 5.28. The first-order chi connectivity index (χ1) is 8.08. The van der Waals surface area contributed by atoms with Gasteiger partial charge in [-0.3, -0.25) is 4.79 Å². The molecule has 0 aliphatic carbocycles. The highest BCUT2D eigenvalue weighted by molar-refractivity contribution is 5.78. The molecule has 1 aliphatic rings. The third kappa shape index (κ3) is 2.68. The molecule has 0 saturated carbocycles. The van der Waals surface area contributed by atoms with E-state index >= 15 is 0 Å². The highest BCUT2D eigenvalue weighted by atomic mass is 16.2. The van der Waals surface area contributed by atoms with Crippen LogP contribution in [0.15, 0.2) is 24.3 Å². The standard InChI is InChI=1S/C15H21NO/c1-11(2)16-8-7-14(10-15(16)17)13-6-4-5-12(3)9-13/h4-6,9,11,14H,7-8,10H2,1-3H3. The van der Waals surface area contributed by atoms with Gasteiger partial charge in [-0.05, 0) is 38.7 Å². The molecule has 0 radical (unpaired) electrons. The van der Waals surface area contributed by atoms with E-state index in [2.05, 4.69) is 45.0 Å². The molecule has 0 N–H and O–H groups in total. The van der Waals surface area contributed by atoms with Gasteiger partial charge in [-0.2, -0.15) is 0 Å². The first kappa shape index (κ1) is 12.2. The number of nitrogens with zero attached hydrogens (tertiary/aromatic N) is 1. The predicted molar refractivity (Wildman–Crippen MR) is 70.0 cm³/mol. The Balaban J connectivity index is 2.09. The number of hydrogen-bond acceptors (Lipinski definition) is 1. The zero-order valence-electron chi connectivity index (χ0n) is 10.9. The minimum absolute atomic E-state index is 0.303. The lowest BCUT2D eigenvalue weighted by Crippen LogP contribution is -2.42. The SMILES string of the molecule is Cc1cccc(C2CCN(C(C)C)C(=O)C2)c1. The van der Waals surface area contributed by atoms with Crippen molar-refractivity contribution in [1.82, 2.24) is 4.90 Å². The first-order valence-electron chi connectivity index (χ1n) is 6.44. The maximum absolute atomic E-state index is 12.0. The summed E-state index contributed by atoms with van der Waals surface area (Å²) in [7, 11) is 0. The average molecular weight is 231 g/mol. The lowest BCUT2D eigenvalue weighted by molar-refractivity contribution is -0.135. The number of amides is 1. The maximum Gasteiger partial charge on any atom is 0.223 e. The molecule has 1 aromatic rings. The zero-order valence-corrected chi connectivity index (χ0v) is 10.9. The molecule has 1 aromatic carbocycles. The van der Waals surface area contributed by atoms with Crippen LogP contribution in [-0.4, -0.2) is 23.4 Å². The van der Waals surface area contributed by atoms with Crippen LogP contribution < -0.4 is 0 Å². The van der Waals surface area contributed by atoms with E-state index in [9.17, 15) is 4.79 Å². The van der Waals surface area contributed by atoms with E-state index < -0.39 is 0 Å². The Labute approximate surface area is 104 Å². The minimum atomic E-state index is 0.303. The van der Waals surface area contributed by atoms with Crippen LogP contribution in [0.5, 0.6) is 0 Å². The Kier molecular flexibility index (Phi) is 3.51. The third-order valence-corrected chi connectivity index (χ3v) is 3.60. The normalized spacial score (nSPS) is 21.1. The lowest BCUT2D eigenvalue weighted by Gasteiger charge is -2.34. The van der Waals surface area contributed by atoms with Crippen LogP contribution in [0.4, 0.5) is 0 Å². The van der Waals surface area contributed by atoms with Gasteiger partial charge in [0.05, 0.1) is 0 Å². The van der Waals surface area contributed by atoms with Crippen LogP contribution >= 0.6 is 0 Å². The molecular formula is C15H21NO. The molecular weight excluding hydrogens is 210 g/mol. The number of likely N-dealkylation sites (tertiary alicyclic amines) is 1. The summed E-state index contributed by atoms with van der Waals surface area (Å²) < 4.78 is 0. The molecule has 2 nitrogen and oxygen atoms in total. The van der Waals surface area contributed by atoms with E-state index in [1.54, 1.807) is 0 Å². The van der Waals surface area contributed by atoms with Gasteiger partial charge in [0.1, 0.15) is 0 Å². The van der Waals surface area contributed by atoms with Gasteiger partial charge in [0, 0.05) is 19.0 Å². The zero-order chi connectivity index (χ0) is 12.4. The Morgan fingerprint density at radius 1 is 1.35 bits per heavy atom. The van der Waals surface area contributed by atoms with Gasteiger partial charge in [0.2, 0.25) is 5.91 Å². The molecule has 1 unspecified atom stereocenters. The van der Waals surface area contributed by atoms with Crippen molar-refractivity contribution >= 4 is 5.91 Å². The fraction of sp³-hybridized carbons (Fsp3) is 0.533. The summed E-state index contributed by atoms with van der Waals surface area (Å²) >= 11 is 0. The molecule has 1 heterocycles. The molecule has 1 saturated heterocycles. The number of rotatable bonds is 2. The van der Waals surface area contributed by atoms with E-state index in [4.69, 9.17) is 0 Å². The molecule has 1 aliphatic heterocycles. The van der Waals surface area contributed by atoms with E-state index in [1.807, 2.05) is 4.90 Å². The van der Waals surface area contributed by atoms with Gasteiger partial charge in [-0.15, -0.1) is 0 Å². The summed E-state index contributed by atoms with van der Waals surface area (Å²) in [5.41, 5.74) is 2.60. The molecule has 0 spiro atoms. The Morgan fingerprint density at radius 2 is 2.12 bits per heavy atom. The van der Waals surface area contributed by atoms with Gasteiger partial charge in [-0.25, -0.2) is 0 Å². The Bertz CT molecular complexity index is 411. The number of aryl methyl sites for hydroxylation is 1. The monoisotopic (exact) mass is 231 g/mol. The number of carbonyl (C=O) groups is 1. The predicted octanol–water partition coefficient (Wildman–Crippen LogP) is 3.11. The number of hydrogen-bond donors (Lipinski definition) is 0. The van der Waals surface area contributed by atoms with E-state index in [0.29, 0.717) is 24.3 Å². The fourth-order valence-corrected chi connectivity index (χ4v) is 2.60. The second kappa shape index (κ2) is 4.91. The van der Waals surface area contributed by atoms with E-state index in [1.165, 1.54) is 11.1 Å². The van der Waals surface area contributed by atoms with Crippen molar-refractivity contribution in [3.05, 3.63) is 35.4 Å². The van der Waals surface area contributed by atoms with Gasteiger partial charge in [-0.1, -0.05) is 29.8 Å². The summed E-state index contributed by atoms with van der Waals surface area (Å²) in [6, 6.07) is 8.89. The summed E-state index contributed by atoms with van der Waals surface area (Å²) in [5.74, 6) is 0.718. The van der Waals surface area contributed by atoms with Gasteiger partial charge in [0.25, 0.3) is 0 Å². The van der Waals surface area contributed by atoms with E-state index in [-0.39, 0.29) is 0 Å². The lowest BCUT2D eigenvalue weighted by atomic mass is 9.88. The van der Waals surface area contributed by atoms with Crippen molar-refractivity contribution in [3.63, 3.8) is 0 Å². The molecule has 17 heavy (non-hydrogen) atoms. The number of piperidine rings is 1. The van der Waals surface area contributed by atoms with Crippen molar-refractivity contribution in [2.75, 3.05) is 6.54 Å². The Hall–Kier alpha value is -1.31. The van der Waals surface area contributed by atoms with Gasteiger partial charge < -0.3 is 4.90 Å². The molecule has 1 atom stereocenters. The summed E-state index contributed by atoms with van der Waals surface area (Å²) in [6.07, 6.45) is 1.76. The van der Waals surface area contributed by atoms with Crippen LogP contribution in [0.1, 0.15) is 43.7 Å². The molecule has 1 fully saturated rings. The maximum atomic E-state index is 12.0. The van der Waals surface area contributed by atoms with Crippen LogP contribution in [0.2, 0.25) is 0 Å². The molecule has 92 valence electrons. The summed E-state index contributed by atoms with van der Waals surface area (Å²) in [6.45, 7) is 7.18. The fourth-order valence-electron chi connectivity index (χ4n) is 2.60. The average Bonchev–Trinajstić information content (AvgIpc) is 2.28. The van der Waals surface area contributed by atoms with Crippen molar-refractivity contribution in [2.45, 2.75) is 45.6 Å². The molecule has 1 amide bonds. The van der Waals surface area contributed by atoms with Crippen LogP contribution in [-0.2, 0) is 4.79 Å². The van der Waals surface area contributed by atoms with Crippen molar-refractivity contribution < 1.29 is 4.79 Å². The van der Waals surface area contributed by atoms with Crippen molar-refractivity contribution in [2.24, 2.45) is 0 Å². The highest BCUT2D eigenvalue weighted by Gasteiger charge is 2.27. The molecule has 0 aromatic heterocycles. The van der Waals surface area contributed by atoms with Gasteiger partial charge in [0.15, 0.2) is 0 Å². The van der Waals surface area contributed by atoms with E-state index in [0.717, 1.165) is 13.0 Å². The van der Waals surface area contributed by atoms with Crippen LogP contribution in [0.25, 0.3) is 0 Å². The van der Waals surface area contributed by atoms with Crippen LogP contribution in [0.3, 0.4) is 0 Å². The quantitative estimate of drug-likeness (QED) is 0.766. The summed E-state index contributed by atoms with van der Waals surface area (Å²) in [4.78, 5) is 14.0. The topological polar surface area (TPSA) is 20.3 Å². The van der Waals surface area contributed by atoms with Crippen molar-refractivity contribution in [1.29, 1.82) is 0 Å². The number of carbonyl (C=O) groups excluding carboxylic acids is 1. The first-order valence-corrected chi connectivity index (χ1v) is 6.44. The minimum Gasteiger partial charge on any atom is -0.340 e. The number of benzene rings is 1. The van der Waals surface area contributed by atoms with Gasteiger partial charge >= 0.3 is 0 Å². The molecule has 0 bridgehead atoms. The summed E-state index contributed by atoms with van der Waals surface area (Å²) in [5, 5.41) is 0. The van der Waals surface area contributed by atoms with Crippen molar-refractivity contribution in [3.8, 4) is 0 Å². The molecule has 2 heteroatoms. The second-order valence-corrected chi connectivity index (χ2v) is 5.28.